The Bertz CT molecular complexity index is 1310. The van der Waals surface area contributed by atoms with Gasteiger partial charge in [-0.25, -0.2) is 9.87 Å². The highest BCUT2D eigenvalue weighted by molar-refractivity contribution is 6.02. The van der Waals surface area contributed by atoms with E-state index < -0.39 is 35.5 Å². The van der Waals surface area contributed by atoms with Gasteiger partial charge in [-0.15, -0.1) is 0 Å². The van der Waals surface area contributed by atoms with E-state index in [0.29, 0.717) is 44.5 Å². The van der Waals surface area contributed by atoms with Crippen molar-refractivity contribution in [1.82, 2.24) is 10.8 Å². The number of ether oxygens (including phenoxy) is 1. The molecule has 0 unspecified atom stereocenters. The summed E-state index contributed by atoms with van der Waals surface area (Å²) in [5.41, 5.74) is 5.12. The SMILES string of the molecule is Cc1ccc(CCC[C@H]2C(=O)N[C@H](C(=O)c3ccc(F)cc3)Cc3ccc(cc3)OCCCC[C@@H]2C(=O)NO)cc1. The van der Waals surface area contributed by atoms with Crippen LogP contribution < -0.4 is 15.5 Å². The van der Waals surface area contributed by atoms with Crippen LogP contribution in [0.15, 0.2) is 72.8 Å². The number of Topliss-reactive ketones (excluding diaryl/α,β-unsaturated/α-hetero) is 1. The molecule has 3 N–H and O–H groups in total. The largest absolute Gasteiger partial charge is 0.494 e. The third kappa shape index (κ3) is 8.47. The van der Waals surface area contributed by atoms with Gasteiger partial charge in [0.2, 0.25) is 11.8 Å². The lowest BCUT2D eigenvalue weighted by atomic mass is 9.82. The van der Waals surface area contributed by atoms with Gasteiger partial charge >= 0.3 is 0 Å². The molecular weight excluding hydrogens is 523 g/mol. The average molecular weight is 561 g/mol. The Morgan fingerprint density at radius 3 is 2.39 bits per heavy atom. The summed E-state index contributed by atoms with van der Waals surface area (Å²) >= 11 is 0. The van der Waals surface area contributed by atoms with Crippen molar-refractivity contribution < 1.29 is 28.7 Å². The molecule has 0 saturated heterocycles. The number of rotatable bonds is 7. The van der Waals surface area contributed by atoms with Gasteiger partial charge in [-0.2, -0.15) is 0 Å². The van der Waals surface area contributed by atoms with E-state index in [1.165, 1.54) is 24.3 Å². The fraction of sp³-hybridized carbons (Fsp3) is 0.364. The molecular formula is C33H37FN2O5. The smallest absolute Gasteiger partial charge is 0.247 e. The topological polar surface area (TPSA) is 105 Å². The molecule has 2 amide bonds. The highest BCUT2D eigenvalue weighted by Gasteiger charge is 2.35. The summed E-state index contributed by atoms with van der Waals surface area (Å²) in [6.07, 6.45) is 3.59. The number of carbonyl (C=O) groups excluding carboxylic acids is 3. The van der Waals surface area contributed by atoms with Crippen molar-refractivity contribution in [1.29, 1.82) is 0 Å². The number of hydrogen-bond donors (Lipinski definition) is 3. The van der Waals surface area contributed by atoms with Gasteiger partial charge in [0.05, 0.1) is 18.6 Å². The van der Waals surface area contributed by atoms with Crippen molar-refractivity contribution >= 4 is 17.6 Å². The van der Waals surface area contributed by atoms with E-state index in [2.05, 4.69) is 5.32 Å². The van der Waals surface area contributed by atoms with E-state index in [1.54, 1.807) is 5.48 Å². The molecule has 7 nitrogen and oxygen atoms in total. The van der Waals surface area contributed by atoms with Crippen LogP contribution in [0.1, 0.15) is 59.2 Å². The first kappa shape index (κ1) is 29.9. The Kier molecular flexibility index (Phi) is 10.6. The van der Waals surface area contributed by atoms with Gasteiger partial charge in [0.1, 0.15) is 11.6 Å². The van der Waals surface area contributed by atoms with E-state index in [0.717, 1.165) is 23.1 Å². The molecule has 0 spiro atoms. The van der Waals surface area contributed by atoms with Crippen LogP contribution in [0.2, 0.25) is 0 Å². The summed E-state index contributed by atoms with van der Waals surface area (Å²) in [6, 6.07) is 19.8. The van der Waals surface area contributed by atoms with Gasteiger partial charge in [-0.05, 0) is 93.0 Å². The normalized spacial score (nSPS) is 19.8. The Hall–Kier alpha value is -4.04. The summed E-state index contributed by atoms with van der Waals surface area (Å²) in [4.78, 5) is 40.4. The molecule has 0 saturated carbocycles. The van der Waals surface area contributed by atoms with Crippen molar-refractivity contribution in [3.63, 3.8) is 0 Å². The minimum atomic E-state index is -0.942. The maximum atomic E-state index is 13.9. The molecule has 8 heteroatoms. The third-order valence-corrected chi connectivity index (χ3v) is 7.67. The molecule has 0 aromatic heterocycles. The zero-order chi connectivity index (χ0) is 29.2. The van der Waals surface area contributed by atoms with Crippen LogP contribution in [-0.4, -0.2) is 35.5 Å². The third-order valence-electron chi connectivity index (χ3n) is 7.67. The number of halogens is 1. The summed E-state index contributed by atoms with van der Waals surface area (Å²) in [6.45, 7) is 2.47. The lowest BCUT2D eigenvalue weighted by molar-refractivity contribution is -0.141. The molecule has 0 radical (unpaired) electrons. The van der Waals surface area contributed by atoms with E-state index >= 15 is 0 Å². The highest BCUT2D eigenvalue weighted by atomic mass is 19.1. The number of hydroxylamine groups is 1. The molecule has 3 atom stereocenters. The van der Waals surface area contributed by atoms with Crippen molar-refractivity contribution in [2.24, 2.45) is 11.8 Å². The minimum absolute atomic E-state index is 0.204. The second-order valence-corrected chi connectivity index (χ2v) is 10.7. The molecule has 216 valence electrons. The Labute approximate surface area is 240 Å². The first-order valence-electron chi connectivity index (χ1n) is 14.2. The van der Waals surface area contributed by atoms with Crippen LogP contribution >= 0.6 is 0 Å². The molecule has 2 heterocycles. The van der Waals surface area contributed by atoms with Crippen LogP contribution in [0.3, 0.4) is 0 Å². The lowest BCUT2D eigenvalue weighted by Gasteiger charge is -2.27. The molecule has 3 aromatic carbocycles. The first-order chi connectivity index (χ1) is 19.8. The summed E-state index contributed by atoms with van der Waals surface area (Å²) in [5.74, 6) is -2.75. The van der Waals surface area contributed by atoms with Gasteiger partial charge in [0.25, 0.3) is 0 Å². The fourth-order valence-electron chi connectivity index (χ4n) is 5.31. The van der Waals surface area contributed by atoms with E-state index in [-0.39, 0.29) is 17.8 Å². The molecule has 5 rings (SSSR count). The molecule has 2 aliphatic rings. The molecule has 2 bridgehead atoms. The van der Waals surface area contributed by atoms with Crippen LogP contribution in [0.4, 0.5) is 4.39 Å². The molecule has 0 fully saturated rings. The molecule has 41 heavy (non-hydrogen) atoms. The maximum absolute atomic E-state index is 13.9. The number of fused-ring (bicyclic) bond motifs is 12. The van der Waals surface area contributed by atoms with E-state index in [9.17, 15) is 24.0 Å². The molecule has 3 aromatic rings. The lowest BCUT2D eigenvalue weighted by Crippen LogP contribution is -2.48. The summed E-state index contributed by atoms with van der Waals surface area (Å²) in [5, 5.41) is 12.5. The molecule has 2 aliphatic heterocycles. The second-order valence-electron chi connectivity index (χ2n) is 10.7. The van der Waals surface area contributed by atoms with Gasteiger partial charge in [0.15, 0.2) is 5.78 Å². The number of amides is 2. The summed E-state index contributed by atoms with van der Waals surface area (Å²) < 4.78 is 19.4. The first-order valence-corrected chi connectivity index (χ1v) is 14.2. The number of aryl methyl sites for hydroxylation is 2. The predicted molar refractivity (Wildman–Crippen MR) is 153 cm³/mol. The number of nitrogens with one attached hydrogen (secondary N) is 2. The van der Waals surface area contributed by atoms with Crippen molar-refractivity contribution in [2.45, 2.75) is 57.9 Å². The second kappa shape index (κ2) is 14.6. The molecule has 0 aliphatic carbocycles. The summed E-state index contributed by atoms with van der Waals surface area (Å²) in [7, 11) is 0. The quantitative estimate of drug-likeness (QED) is 0.205. The Balaban J connectivity index is 1.62. The maximum Gasteiger partial charge on any atom is 0.247 e. The highest BCUT2D eigenvalue weighted by Crippen LogP contribution is 2.27. The van der Waals surface area contributed by atoms with Crippen LogP contribution in [0, 0.1) is 24.6 Å². The average Bonchev–Trinajstić information content (AvgIpc) is 2.99. The number of hydrogen-bond acceptors (Lipinski definition) is 5. The van der Waals surface area contributed by atoms with Gasteiger partial charge in [-0.3, -0.25) is 19.6 Å². The van der Waals surface area contributed by atoms with Crippen LogP contribution in [-0.2, 0) is 22.4 Å². The van der Waals surface area contributed by atoms with Crippen molar-refractivity contribution in [2.75, 3.05) is 6.61 Å². The van der Waals surface area contributed by atoms with Crippen LogP contribution in [0.5, 0.6) is 5.75 Å². The number of benzene rings is 3. The fourth-order valence-corrected chi connectivity index (χ4v) is 5.31. The number of carbonyl (C=O) groups is 3. The predicted octanol–water partition coefficient (Wildman–Crippen LogP) is 5.37. The zero-order valence-electron chi connectivity index (χ0n) is 23.3. The van der Waals surface area contributed by atoms with Crippen LogP contribution in [0.25, 0.3) is 0 Å². The zero-order valence-corrected chi connectivity index (χ0v) is 23.3. The monoisotopic (exact) mass is 560 g/mol. The Morgan fingerprint density at radius 1 is 1.00 bits per heavy atom. The van der Waals surface area contributed by atoms with Gasteiger partial charge in [-0.1, -0.05) is 42.0 Å². The van der Waals surface area contributed by atoms with Gasteiger partial charge in [0, 0.05) is 17.9 Å². The Morgan fingerprint density at radius 2 is 1.71 bits per heavy atom. The van der Waals surface area contributed by atoms with Gasteiger partial charge < -0.3 is 10.1 Å². The number of ketones is 1. The minimum Gasteiger partial charge on any atom is -0.494 e. The van der Waals surface area contributed by atoms with Crippen molar-refractivity contribution in [3.8, 4) is 5.75 Å². The van der Waals surface area contributed by atoms with E-state index in [4.69, 9.17) is 4.74 Å². The van der Waals surface area contributed by atoms with Crippen molar-refractivity contribution in [3.05, 3.63) is 101 Å². The van der Waals surface area contributed by atoms with E-state index in [1.807, 2.05) is 55.5 Å². The standard InChI is InChI=1S/C33H37FN2O5/c1-22-8-10-23(11-9-22)5-4-7-28-29(33(39)36-40)6-2-3-20-41-27-18-12-24(13-19-27)21-30(35-32(28)38)31(37)25-14-16-26(34)17-15-25/h8-19,28-30,40H,2-7,20-21H2,1H3,(H,35,38)(H,36,39)/t28-,29+,30+/m1/s1.